The molecule has 3 nitrogen and oxygen atoms in total. The lowest BCUT2D eigenvalue weighted by molar-refractivity contribution is 0.134. The summed E-state index contributed by atoms with van der Waals surface area (Å²) in [7, 11) is 0. The standard InChI is InChI=1S/C12H21N3S/c1-9-3-10(2)6-15(5-9)7-12-14-11(4-13)8-16-12/h8-10H,3-7,13H2,1-2H3. The van der Waals surface area contributed by atoms with E-state index in [9.17, 15) is 0 Å². The van der Waals surface area contributed by atoms with Crippen LogP contribution in [0, 0.1) is 11.8 Å². The number of nitrogens with zero attached hydrogens (tertiary/aromatic N) is 2. The third kappa shape index (κ3) is 3.03. The molecule has 1 aliphatic rings. The SMILES string of the molecule is CC1CC(C)CN(Cc2nc(CN)cs2)C1. The van der Waals surface area contributed by atoms with Crippen molar-refractivity contribution in [3.05, 3.63) is 16.1 Å². The quantitative estimate of drug-likeness (QED) is 0.878. The maximum atomic E-state index is 5.57. The van der Waals surface area contributed by atoms with Gasteiger partial charge in [0.1, 0.15) is 5.01 Å². The molecular formula is C12H21N3S. The van der Waals surface area contributed by atoms with Gasteiger partial charge in [0.2, 0.25) is 0 Å². The largest absolute Gasteiger partial charge is 0.325 e. The Bertz CT molecular complexity index is 327. The van der Waals surface area contributed by atoms with Crippen molar-refractivity contribution in [2.45, 2.75) is 33.4 Å². The molecule has 1 fully saturated rings. The Balaban J connectivity index is 1.93. The Labute approximate surface area is 102 Å². The first-order chi connectivity index (χ1) is 7.67. The zero-order valence-electron chi connectivity index (χ0n) is 10.1. The first-order valence-corrected chi connectivity index (χ1v) is 6.91. The van der Waals surface area contributed by atoms with Gasteiger partial charge in [-0.25, -0.2) is 4.98 Å². The van der Waals surface area contributed by atoms with E-state index in [1.165, 1.54) is 24.5 Å². The van der Waals surface area contributed by atoms with Gasteiger partial charge in [-0.2, -0.15) is 0 Å². The molecule has 1 aliphatic heterocycles. The van der Waals surface area contributed by atoms with Gasteiger partial charge in [-0.1, -0.05) is 13.8 Å². The first kappa shape index (κ1) is 12.0. The highest BCUT2D eigenvalue weighted by atomic mass is 32.1. The highest BCUT2D eigenvalue weighted by molar-refractivity contribution is 7.09. The van der Waals surface area contributed by atoms with Crippen LogP contribution in [0.4, 0.5) is 0 Å². The number of likely N-dealkylation sites (tertiary alicyclic amines) is 1. The number of hydrogen-bond acceptors (Lipinski definition) is 4. The Morgan fingerprint density at radius 2 is 2.12 bits per heavy atom. The molecule has 0 amide bonds. The fourth-order valence-corrected chi connectivity index (χ4v) is 3.48. The lowest BCUT2D eigenvalue weighted by Gasteiger charge is -2.34. The van der Waals surface area contributed by atoms with E-state index >= 15 is 0 Å². The fraction of sp³-hybridized carbons (Fsp3) is 0.750. The molecule has 1 saturated heterocycles. The summed E-state index contributed by atoms with van der Waals surface area (Å²) in [5.74, 6) is 1.63. The zero-order valence-corrected chi connectivity index (χ0v) is 11.0. The molecule has 0 aromatic carbocycles. The van der Waals surface area contributed by atoms with Crippen molar-refractivity contribution in [3.63, 3.8) is 0 Å². The van der Waals surface area contributed by atoms with E-state index in [1.807, 2.05) is 0 Å². The molecule has 2 rings (SSSR count). The summed E-state index contributed by atoms with van der Waals surface area (Å²) >= 11 is 1.74. The Hall–Kier alpha value is -0.450. The molecule has 0 bridgehead atoms. The van der Waals surface area contributed by atoms with Crippen molar-refractivity contribution in [2.75, 3.05) is 13.1 Å². The van der Waals surface area contributed by atoms with Crippen LogP contribution in [-0.4, -0.2) is 23.0 Å². The molecule has 0 aliphatic carbocycles. The van der Waals surface area contributed by atoms with E-state index in [1.54, 1.807) is 11.3 Å². The number of hydrogen-bond donors (Lipinski definition) is 1. The molecule has 2 unspecified atom stereocenters. The summed E-state index contributed by atoms with van der Waals surface area (Å²) in [6.45, 7) is 8.66. The molecule has 2 atom stereocenters. The second-order valence-corrected chi connectivity index (χ2v) is 6.02. The predicted octanol–water partition coefficient (Wildman–Crippen LogP) is 2.08. The van der Waals surface area contributed by atoms with Gasteiger partial charge >= 0.3 is 0 Å². The van der Waals surface area contributed by atoms with Crippen molar-refractivity contribution in [2.24, 2.45) is 17.6 Å². The smallest absolute Gasteiger partial charge is 0.107 e. The Kier molecular flexibility index (Phi) is 3.95. The lowest BCUT2D eigenvalue weighted by Crippen LogP contribution is -2.38. The van der Waals surface area contributed by atoms with Crippen LogP contribution in [0.1, 0.15) is 31.0 Å². The summed E-state index contributed by atoms with van der Waals surface area (Å²) in [4.78, 5) is 7.05. The van der Waals surface area contributed by atoms with Gasteiger partial charge in [0, 0.05) is 25.0 Å². The Morgan fingerprint density at radius 3 is 2.69 bits per heavy atom. The average molecular weight is 239 g/mol. The lowest BCUT2D eigenvalue weighted by atomic mass is 9.92. The van der Waals surface area contributed by atoms with Gasteiger partial charge in [-0.05, 0) is 18.3 Å². The molecule has 0 radical (unpaired) electrons. The topological polar surface area (TPSA) is 42.2 Å². The van der Waals surface area contributed by atoms with Crippen molar-refractivity contribution >= 4 is 11.3 Å². The van der Waals surface area contributed by atoms with Crippen LogP contribution in [-0.2, 0) is 13.1 Å². The summed E-state index contributed by atoms with van der Waals surface area (Å²) in [6, 6.07) is 0. The van der Waals surface area contributed by atoms with Crippen LogP contribution < -0.4 is 5.73 Å². The number of thiazole rings is 1. The maximum Gasteiger partial charge on any atom is 0.107 e. The van der Waals surface area contributed by atoms with Crippen molar-refractivity contribution < 1.29 is 0 Å². The molecule has 0 saturated carbocycles. The summed E-state index contributed by atoms with van der Waals surface area (Å²) < 4.78 is 0. The molecule has 16 heavy (non-hydrogen) atoms. The summed E-state index contributed by atoms with van der Waals surface area (Å²) in [5, 5.41) is 3.29. The minimum absolute atomic E-state index is 0.559. The van der Waals surface area contributed by atoms with Crippen molar-refractivity contribution in [1.82, 2.24) is 9.88 Å². The van der Waals surface area contributed by atoms with Gasteiger partial charge in [-0.3, -0.25) is 4.90 Å². The normalized spacial score (nSPS) is 27.2. The van der Waals surface area contributed by atoms with Gasteiger partial charge in [0.05, 0.1) is 12.2 Å². The van der Waals surface area contributed by atoms with Crippen molar-refractivity contribution in [1.29, 1.82) is 0 Å². The Morgan fingerprint density at radius 1 is 1.44 bits per heavy atom. The minimum atomic E-state index is 0.559. The molecule has 1 aromatic rings. The maximum absolute atomic E-state index is 5.57. The number of nitrogens with two attached hydrogens (primary N) is 1. The monoisotopic (exact) mass is 239 g/mol. The molecule has 0 spiro atoms. The molecule has 4 heteroatoms. The van der Waals surface area contributed by atoms with Crippen molar-refractivity contribution in [3.8, 4) is 0 Å². The summed E-state index contributed by atoms with van der Waals surface area (Å²) in [5.41, 5.74) is 6.60. The van der Waals surface area contributed by atoms with E-state index in [2.05, 4.69) is 29.1 Å². The molecule has 2 N–H and O–H groups in total. The van der Waals surface area contributed by atoms with Gasteiger partial charge in [-0.15, -0.1) is 11.3 Å². The number of aromatic nitrogens is 1. The van der Waals surface area contributed by atoms with Crippen LogP contribution in [0.5, 0.6) is 0 Å². The van der Waals surface area contributed by atoms with Crippen LogP contribution in [0.2, 0.25) is 0 Å². The predicted molar refractivity (Wildman–Crippen MR) is 68.2 cm³/mol. The third-order valence-corrected chi connectivity index (χ3v) is 3.99. The van der Waals surface area contributed by atoms with E-state index in [0.29, 0.717) is 6.54 Å². The van der Waals surface area contributed by atoms with E-state index in [4.69, 9.17) is 5.73 Å². The first-order valence-electron chi connectivity index (χ1n) is 6.03. The second kappa shape index (κ2) is 5.25. The minimum Gasteiger partial charge on any atom is -0.325 e. The van der Waals surface area contributed by atoms with Gasteiger partial charge in [0.15, 0.2) is 0 Å². The fourth-order valence-electron chi connectivity index (χ4n) is 2.63. The third-order valence-electron chi connectivity index (χ3n) is 3.11. The van der Waals surface area contributed by atoms with Gasteiger partial charge in [0.25, 0.3) is 0 Å². The second-order valence-electron chi connectivity index (χ2n) is 5.08. The molecule has 2 heterocycles. The van der Waals surface area contributed by atoms with E-state index in [-0.39, 0.29) is 0 Å². The average Bonchev–Trinajstić information content (AvgIpc) is 2.64. The molecule has 1 aromatic heterocycles. The molecular weight excluding hydrogens is 218 g/mol. The van der Waals surface area contributed by atoms with Crippen LogP contribution >= 0.6 is 11.3 Å². The van der Waals surface area contributed by atoms with Gasteiger partial charge < -0.3 is 5.73 Å². The highest BCUT2D eigenvalue weighted by Crippen LogP contribution is 2.23. The van der Waals surface area contributed by atoms with E-state index in [0.717, 1.165) is 24.1 Å². The van der Waals surface area contributed by atoms with E-state index < -0.39 is 0 Å². The molecule has 90 valence electrons. The van der Waals surface area contributed by atoms with Crippen LogP contribution in [0.15, 0.2) is 5.38 Å². The number of rotatable bonds is 3. The van der Waals surface area contributed by atoms with Crippen LogP contribution in [0.25, 0.3) is 0 Å². The zero-order chi connectivity index (χ0) is 11.5. The summed E-state index contributed by atoms with van der Waals surface area (Å²) in [6.07, 6.45) is 1.36. The van der Waals surface area contributed by atoms with Crippen LogP contribution in [0.3, 0.4) is 0 Å². The highest BCUT2D eigenvalue weighted by Gasteiger charge is 2.22. The number of piperidine rings is 1.